The molecule has 2 unspecified atom stereocenters. The molecular formula is C15H20N2O2. The second-order valence-electron chi connectivity index (χ2n) is 5.60. The number of nitrogens with zero attached hydrogens (tertiary/aromatic N) is 1. The van der Waals surface area contributed by atoms with E-state index in [-0.39, 0.29) is 18.1 Å². The Labute approximate surface area is 113 Å². The first kappa shape index (κ1) is 12.6. The van der Waals surface area contributed by atoms with Crippen molar-refractivity contribution in [3.05, 3.63) is 34.9 Å². The van der Waals surface area contributed by atoms with Gasteiger partial charge in [0.15, 0.2) is 0 Å². The van der Waals surface area contributed by atoms with Crippen molar-refractivity contribution in [1.29, 1.82) is 0 Å². The standard InChI is InChI=1S/C15H20N2O2/c1-17-8-11-6-5-10(7-12(11)15(17)18)9-19-14-4-2-3-13(14)16/h5-7,13-14H,2-4,8-9,16H2,1H3. The Morgan fingerprint density at radius 3 is 3.00 bits per heavy atom. The van der Waals surface area contributed by atoms with Gasteiger partial charge >= 0.3 is 0 Å². The molecule has 4 heteroatoms. The van der Waals surface area contributed by atoms with Gasteiger partial charge in [-0.1, -0.05) is 12.1 Å². The average Bonchev–Trinajstić information content (AvgIpc) is 2.93. The summed E-state index contributed by atoms with van der Waals surface area (Å²) in [6.07, 6.45) is 3.43. The largest absolute Gasteiger partial charge is 0.372 e. The summed E-state index contributed by atoms with van der Waals surface area (Å²) in [7, 11) is 1.83. The lowest BCUT2D eigenvalue weighted by molar-refractivity contribution is 0.0357. The van der Waals surface area contributed by atoms with Gasteiger partial charge < -0.3 is 15.4 Å². The lowest BCUT2D eigenvalue weighted by Crippen LogP contribution is -2.31. The van der Waals surface area contributed by atoms with E-state index in [0.29, 0.717) is 13.2 Å². The highest BCUT2D eigenvalue weighted by atomic mass is 16.5. The van der Waals surface area contributed by atoms with Crippen LogP contribution in [0, 0.1) is 0 Å². The smallest absolute Gasteiger partial charge is 0.254 e. The first-order valence-electron chi connectivity index (χ1n) is 6.89. The van der Waals surface area contributed by atoms with Crippen molar-refractivity contribution in [1.82, 2.24) is 4.90 Å². The Hall–Kier alpha value is -1.39. The van der Waals surface area contributed by atoms with Gasteiger partial charge in [0, 0.05) is 25.2 Å². The molecule has 1 amide bonds. The molecule has 1 heterocycles. The van der Waals surface area contributed by atoms with Crippen molar-refractivity contribution in [3.8, 4) is 0 Å². The summed E-state index contributed by atoms with van der Waals surface area (Å²) in [5.74, 6) is 0.106. The fourth-order valence-corrected chi connectivity index (χ4v) is 2.95. The molecule has 0 radical (unpaired) electrons. The Bertz CT molecular complexity index is 501. The van der Waals surface area contributed by atoms with Crippen LogP contribution in [0.5, 0.6) is 0 Å². The minimum Gasteiger partial charge on any atom is -0.372 e. The SMILES string of the molecule is CN1Cc2ccc(COC3CCCC3N)cc2C1=O. The van der Waals surface area contributed by atoms with Crippen LogP contribution < -0.4 is 5.73 Å². The van der Waals surface area contributed by atoms with Crippen molar-refractivity contribution < 1.29 is 9.53 Å². The zero-order chi connectivity index (χ0) is 13.4. The Morgan fingerprint density at radius 1 is 1.42 bits per heavy atom. The molecule has 102 valence electrons. The third-order valence-electron chi connectivity index (χ3n) is 4.13. The predicted molar refractivity (Wildman–Crippen MR) is 72.6 cm³/mol. The Kier molecular flexibility index (Phi) is 3.29. The third-order valence-corrected chi connectivity index (χ3v) is 4.13. The van der Waals surface area contributed by atoms with Crippen LogP contribution in [-0.4, -0.2) is 30.0 Å². The number of hydrogen-bond donors (Lipinski definition) is 1. The van der Waals surface area contributed by atoms with E-state index in [0.717, 1.165) is 36.0 Å². The number of benzene rings is 1. The maximum absolute atomic E-state index is 11.9. The number of carbonyl (C=O) groups excluding carboxylic acids is 1. The monoisotopic (exact) mass is 260 g/mol. The molecule has 0 aromatic heterocycles. The van der Waals surface area contributed by atoms with Crippen LogP contribution in [0.15, 0.2) is 18.2 Å². The van der Waals surface area contributed by atoms with Gasteiger partial charge in [0.1, 0.15) is 0 Å². The van der Waals surface area contributed by atoms with E-state index < -0.39 is 0 Å². The lowest BCUT2D eigenvalue weighted by atomic mass is 10.1. The van der Waals surface area contributed by atoms with Gasteiger partial charge in [-0.2, -0.15) is 0 Å². The second kappa shape index (κ2) is 4.94. The summed E-state index contributed by atoms with van der Waals surface area (Å²) in [5.41, 5.74) is 8.97. The van der Waals surface area contributed by atoms with E-state index in [1.807, 2.05) is 25.2 Å². The summed E-state index contributed by atoms with van der Waals surface area (Å²) < 4.78 is 5.87. The molecule has 1 aliphatic heterocycles. The maximum Gasteiger partial charge on any atom is 0.254 e. The number of fused-ring (bicyclic) bond motifs is 1. The zero-order valence-corrected chi connectivity index (χ0v) is 11.3. The van der Waals surface area contributed by atoms with Crippen LogP contribution in [0.3, 0.4) is 0 Å². The molecule has 2 atom stereocenters. The molecule has 2 aliphatic rings. The number of carbonyl (C=O) groups is 1. The van der Waals surface area contributed by atoms with Crippen LogP contribution >= 0.6 is 0 Å². The zero-order valence-electron chi connectivity index (χ0n) is 11.3. The van der Waals surface area contributed by atoms with E-state index in [1.54, 1.807) is 4.90 Å². The summed E-state index contributed by atoms with van der Waals surface area (Å²) >= 11 is 0. The first-order chi connectivity index (χ1) is 9.15. The van der Waals surface area contributed by atoms with Gasteiger partial charge in [-0.15, -0.1) is 0 Å². The van der Waals surface area contributed by atoms with Crippen LogP contribution in [0.4, 0.5) is 0 Å². The van der Waals surface area contributed by atoms with Gasteiger partial charge in [-0.05, 0) is 36.5 Å². The summed E-state index contributed by atoms with van der Waals surface area (Å²) in [6, 6.07) is 6.21. The van der Waals surface area contributed by atoms with E-state index in [9.17, 15) is 4.79 Å². The van der Waals surface area contributed by atoms with Gasteiger partial charge in [0.25, 0.3) is 5.91 Å². The molecule has 4 nitrogen and oxygen atoms in total. The molecule has 1 saturated carbocycles. The predicted octanol–water partition coefficient (Wildman–Crippen LogP) is 1.67. The lowest BCUT2D eigenvalue weighted by Gasteiger charge is -2.16. The van der Waals surface area contributed by atoms with Gasteiger partial charge in [-0.25, -0.2) is 0 Å². The van der Waals surface area contributed by atoms with E-state index in [4.69, 9.17) is 10.5 Å². The highest BCUT2D eigenvalue weighted by Gasteiger charge is 2.26. The van der Waals surface area contributed by atoms with Crippen LogP contribution in [0.1, 0.15) is 40.7 Å². The topological polar surface area (TPSA) is 55.6 Å². The summed E-state index contributed by atoms with van der Waals surface area (Å²) in [4.78, 5) is 13.7. The van der Waals surface area contributed by atoms with Crippen LogP contribution in [0.2, 0.25) is 0 Å². The van der Waals surface area contributed by atoms with E-state index in [2.05, 4.69) is 0 Å². The molecule has 19 heavy (non-hydrogen) atoms. The van der Waals surface area contributed by atoms with Crippen molar-refractivity contribution >= 4 is 5.91 Å². The van der Waals surface area contributed by atoms with E-state index >= 15 is 0 Å². The quantitative estimate of drug-likeness (QED) is 0.899. The minimum atomic E-state index is 0.106. The number of ether oxygens (including phenoxy) is 1. The highest BCUT2D eigenvalue weighted by Crippen LogP contribution is 2.25. The molecule has 1 aromatic carbocycles. The number of amides is 1. The molecule has 1 aliphatic carbocycles. The van der Waals surface area contributed by atoms with Gasteiger partial charge in [0.05, 0.1) is 12.7 Å². The second-order valence-corrected chi connectivity index (χ2v) is 5.60. The number of hydrogen-bond acceptors (Lipinski definition) is 3. The Morgan fingerprint density at radius 2 is 2.26 bits per heavy atom. The molecule has 0 saturated heterocycles. The van der Waals surface area contributed by atoms with Gasteiger partial charge in [-0.3, -0.25) is 4.79 Å². The van der Waals surface area contributed by atoms with Crippen molar-refractivity contribution in [3.63, 3.8) is 0 Å². The molecule has 1 fully saturated rings. The first-order valence-corrected chi connectivity index (χ1v) is 6.89. The number of nitrogens with two attached hydrogens (primary N) is 1. The Balaban J connectivity index is 1.68. The van der Waals surface area contributed by atoms with Crippen LogP contribution in [-0.2, 0) is 17.9 Å². The fourth-order valence-electron chi connectivity index (χ4n) is 2.95. The highest BCUT2D eigenvalue weighted by molar-refractivity contribution is 5.98. The van der Waals surface area contributed by atoms with Crippen molar-refractivity contribution in [2.45, 2.75) is 44.6 Å². The third kappa shape index (κ3) is 2.38. The fraction of sp³-hybridized carbons (Fsp3) is 0.533. The van der Waals surface area contributed by atoms with Crippen molar-refractivity contribution in [2.75, 3.05) is 7.05 Å². The average molecular weight is 260 g/mol. The molecule has 0 bridgehead atoms. The normalized spacial score (nSPS) is 26.0. The van der Waals surface area contributed by atoms with Crippen molar-refractivity contribution in [2.24, 2.45) is 5.73 Å². The van der Waals surface area contributed by atoms with Crippen LogP contribution in [0.25, 0.3) is 0 Å². The summed E-state index contributed by atoms with van der Waals surface area (Å²) in [6.45, 7) is 1.26. The number of rotatable bonds is 3. The minimum absolute atomic E-state index is 0.106. The molecule has 1 aromatic rings. The maximum atomic E-state index is 11.9. The molecule has 0 spiro atoms. The van der Waals surface area contributed by atoms with Gasteiger partial charge in [0.2, 0.25) is 0 Å². The molecule has 2 N–H and O–H groups in total. The van der Waals surface area contributed by atoms with E-state index in [1.165, 1.54) is 0 Å². The molecule has 3 rings (SSSR count). The summed E-state index contributed by atoms with van der Waals surface area (Å²) in [5, 5.41) is 0. The molecular weight excluding hydrogens is 240 g/mol.